The van der Waals surface area contributed by atoms with Crippen LogP contribution < -0.4 is 4.74 Å². The van der Waals surface area contributed by atoms with Gasteiger partial charge in [-0.15, -0.1) is 0 Å². The monoisotopic (exact) mass is 277 g/mol. The van der Waals surface area contributed by atoms with Gasteiger partial charge in [-0.3, -0.25) is 9.69 Å². The van der Waals surface area contributed by atoms with E-state index < -0.39 is 11.4 Å². The number of carboxylic acids is 1. The van der Waals surface area contributed by atoms with E-state index >= 15 is 0 Å². The van der Waals surface area contributed by atoms with Crippen molar-refractivity contribution < 1.29 is 14.6 Å². The van der Waals surface area contributed by atoms with Gasteiger partial charge >= 0.3 is 5.97 Å². The Labute approximate surface area is 120 Å². The molecule has 4 nitrogen and oxygen atoms in total. The van der Waals surface area contributed by atoms with Gasteiger partial charge in [0.2, 0.25) is 0 Å². The largest absolute Gasteiger partial charge is 0.492 e. The van der Waals surface area contributed by atoms with Crippen molar-refractivity contribution >= 4 is 5.97 Å². The molecule has 1 aliphatic heterocycles. The van der Waals surface area contributed by atoms with Crippen molar-refractivity contribution in [2.45, 2.75) is 27.2 Å². The first-order valence-corrected chi connectivity index (χ1v) is 7.06. The molecule has 20 heavy (non-hydrogen) atoms. The van der Waals surface area contributed by atoms with Crippen LogP contribution >= 0.6 is 0 Å². The molecule has 0 saturated carbocycles. The zero-order valence-electron chi connectivity index (χ0n) is 12.5. The molecule has 0 bridgehead atoms. The molecule has 1 N–H and O–H groups in total. The second-order valence-corrected chi connectivity index (χ2v) is 6.01. The van der Waals surface area contributed by atoms with Gasteiger partial charge in [0, 0.05) is 13.1 Å². The molecule has 1 aromatic rings. The summed E-state index contributed by atoms with van der Waals surface area (Å²) in [5.41, 5.74) is 1.72. The fourth-order valence-electron chi connectivity index (χ4n) is 2.57. The molecule has 1 unspecified atom stereocenters. The van der Waals surface area contributed by atoms with Gasteiger partial charge in [0.1, 0.15) is 12.4 Å². The number of rotatable bonds is 5. The van der Waals surface area contributed by atoms with Crippen LogP contribution in [0.15, 0.2) is 18.2 Å². The number of ether oxygens (including phenoxy) is 1. The zero-order chi connectivity index (χ0) is 14.8. The minimum atomic E-state index is -0.699. The van der Waals surface area contributed by atoms with E-state index in [-0.39, 0.29) is 0 Å². The Morgan fingerprint density at radius 2 is 2.20 bits per heavy atom. The lowest BCUT2D eigenvalue weighted by atomic mass is 9.90. The van der Waals surface area contributed by atoms with E-state index in [0.29, 0.717) is 19.6 Å². The van der Waals surface area contributed by atoms with Crippen LogP contribution in [0.1, 0.15) is 24.5 Å². The zero-order valence-corrected chi connectivity index (χ0v) is 12.5. The third-order valence-electron chi connectivity index (χ3n) is 4.08. The summed E-state index contributed by atoms with van der Waals surface area (Å²) >= 11 is 0. The summed E-state index contributed by atoms with van der Waals surface area (Å²) in [7, 11) is 0. The minimum absolute atomic E-state index is 0.597. The highest BCUT2D eigenvalue weighted by molar-refractivity contribution is 5.74. The molecular formula is C16H23NO3. The number of nitrogens with zero attached hydrogens (tertiary/aromatic N) is 1. The molecule has 0 radical (unpaired) electrons. The van der Waals surface area contributed by atoms with E-state index in [9.17, 15) is 9.90 Å². The second kappa shape index (κ2) is 5.83. The van der Waals surface area contributed by atoms with Crippen molar-refractivity contribution in [3.8, 4) is 5.75 Å². The lowest BCUT2D eigenvalue weighted by Crippen LogP contribution is -2.33. The molecular weight excluding hydrogens is 254 g/mol. The number of hydrogen-bond donors (Lipinski definition) is 1. The maximum absolute atomic E-state index is 11.2. The van der Waals surface area contributed by atoms with Gasteiger partial charge in [0.15, 0.2) is 0 Å². The second-order valence-electron chi connectivity index (χ2n) is 6.01. The van der Waals surface area contributed by atoms with E-state index in [4.69, 9.17) is 4.74 Å². The van der Waals surface area contributed by atoms with E-state index in [1.807, 2.05) is 26.8 Å². The summed E-state index contributed by atoms with van der Waals surface area (Å²) in [5, 5.41) is 9.20. The van der Waals surface area contributed by atoms with Crippen molar-refractivity contribution in [2.24, 2.45) is 5.41 Å². The highest BCUT2D eigenvalue weighted by Gasteiger charge is 2.40. The van der Waals surface area contributed by atoms with Crippen LogP contribution in [0.3, 0.4) is 0 Å². The third kappa shape index (κ3) is 3.31. The number of likely N-dealkylation sites (tertiary alicyclic amines) is 1. The predicted octanol–water partition coefficient (Wildman–Crippen LogP) is 2.48. The summed E-state index contributed by atoms with van der Waals surface area (Å²) in [6.07, 6.45) is 0.714. The highest BCUT2D eigenvalue weighted by Crippen LogP contribution is 2.29. The predicted molar refractivity (Wildman–Crippen MR) is 78.2 cm³/mol. The molecule has 1 saturated heterocycles. The van der Waals surface area contributed by atoms with Crippen molar-refractivity contribution in [1.29, 1.82) is 0 Å². The maximum Gasteiger partial charge on any atom is 0.310 e. The van der Waals surface area contributed by atoms with E-state index in [1.54, 1.807) is 0 Å². The van der Waals surface area contributed by atoms with Crippen LogP contribution in [-0.2, 0) is 4.79 Å². The first-order valence-electron chi connectivity index (χ1n) is 7.06. The molecule has 1 aromatic carbocycles. The molecule has 1 aliphatic rings. The molecule has 2 rings (SSSR count). The van der Waals surface area contributed by atoms with Crippen LogP contribution in [0.4, 0.5) is 0 Å². The van der Waals surface area contributed by atoms with E-state index in [1.165, 1.54) is 5.56 Å². The van der Waals surface area contributed by atoms with Gasteiger partial charge in [-0.1, -0.05) is 12.1 Å². The Hall–Kier alpha value is -1.55. The Kier molecular flexibility index (Phi) is 4.33. The van der Waals surface area contributed by atoms with Gasteiger partial charge in [0.25, 0.3) is 0 Å². The molecule has 0 amide bonds. The number of aliphatic carboxylic acids is 1. The maximum atomic E-state index is 11.2. The summed E-state index contributed by atoms with van der Waals surface area (Å²) in [5.74, 6) is 0.223. The molecule has 1 atom stereocenters. The SMILES string of the molecule is Cc1ccc(C)c(OCCN2CCC(C)(C(=O)O)C2)c1. The smallest absolute Gasteiger partial charge is 0.310 e. The first-order chi connectivity index (χ1) is 9.40. The minimum Gasteiger partial charge on any atom is -0.492 e. The molecule has 0 aromatic heterocycles. The quantitative estimate of drug-likeness (QED) is 0.898. The molecule has 0 aliphatic carbocycles. The molecule has 110 valence electrons. The molecule has 1 fully saturated rings. The number of aryl methyl sites for hydroxylation is 2. The normalized spacial score (nSPS) is 22.9. The summed E-state index contributed by atoms with van der Waals surface area (Å²) in [6.45, 7) is 8.71. The van der Waals surface area contributed by atoms with Gasteiger partial charge in [-0.05, 0) is 50.9 Å². The topological polar surface area (TPSA) is 49.8 Å². The number of carboxylic acid groups (broad SMARTS) is 1. The Bertz CT molecular complexity index is 500. The van der Waals surface area contributed by atoms with Crippen LogP contribution in [0.5, 0.6) is 5.75 Å². The molecule has 1 heterocycles. The van der Waals surface area contributed by atoms with Crippen LogP contribution in [-0.4, -0.2) is 42.2 Å². The van der Waals surface area contributed by atoms with Crippen molar-refractivity contribution in [1.82, 2.24) is 4.90 Å². The lowest BCUT2D eigenvalue weighted by Gasteiger charge is -2.20. The summed E-state index contributed by atoms with van der Waals surface area (Å²) in [6, 6.07) is 6.17. The number of carbonyl (C=O) groups is 1. The van der Waals surface area contributed by atoms with Gasteiger partial charge in [-0.2, -0.15) is 0 Å². The summed E-state index contributed by atoms with van der Waals surface area (Å²) in [4.78, 5) is 13.4. The fourth-order valence-corrected chi connectivity index (χ4v) is 2.57. The Morgan fingerprint density at radius 3 is 2.85 bits per heavy atom. The standard InChI is InChI=1S/C16H23NO3/c1-12-4-5-13(2)14(10-12)20-9-8-17-7-6-16(3,11-17)15(18)19/h4-5,10H,6-9,11H2,1-3H3,(H,18,19). The Balaban J connectivity index is 1.83. The molecule has 4 heteroatoms. The van der Waals surface area contributed by atoms with E-state index in [2.05, 4.69) is 17.0 Å². The van der Waals surface area contributed by atoms with Crippen LogP contribution in [0.2, 0.25) is 0 Å². The van der Waals surface area contributed by atoms with Crippen molar-refractivity contribution in [3.05, 3.63) is 29.3 Å². The third-order valence-corrected chi connectivity index (χ3v) is 4.08. The number of hydrogen-bond acceptors (Lipinski definition) is 3. The average molecular weight is 277 g/mol. The highest BCUT2D eigenvalue weighted by atomic mass is 16.5. The van der Waals surface area contributed by atoms with Crippen molar-refractivity contribution in [3.63, 3.8) is 0 Å². The Morgan fingerprint density at radius 1 is 1.45 bits per heavy atom. The van der Waals surface area contributed by atoms with Crippen LogP contribution in [0.25, 0.3) is 0 Å². The van der Waals surface area contributed by atoms with Gasteiger partial charge in [-0.25, -0.2) is 0 Å². The fraction of sp³-hybridized carbons (Fsp3) is 0.562. The van der Waals surface area contributed by atoms with Crippen molar-refractivity contribution in [2.75, 3.05) is 26.2 Å². The van der Waals surface area contributed by atoms with Crippen LogP contribution in [0, 0.1) is 19.3 Å². The summed E-state index contributed by atoms with van der Waals surface area (Å²) < 4.78 is 5.82. The van der Waals surface area contributed by atoms with E-state index in [0.717, 1.165) is 24.4 Å². The average Bonchev–Trinajstić information content (AvgIpc) is 2.77. The van der Waals surface area contributed by atoms with Gasteiger partial charge in [0.05, 0.1) is 5.41 Å². The molecule has 0 spiro atoms. The lowest BCUT2D eigenvalue weighted by molar-refractivity contribution is -0.147. The first kappa shape index (κ1) is 14.9. The van der Waals surface area contributed by atoms with Gasteiger partial charge < -0.3 is 9.84 Å². The number of benzene rings is 1.